The second-order valence-electron chi connectivity index (χ2n) is 4.17. The van der Waals surface area contributed by atoms with Crippen molar-refractivity contribution in [3.05, 3.63) is 0 Å². The molecule has 13 heavy (non-hydrogen) atoms. The number of rotatable bonds is 4. The molecule has 3 atom stereocenters. The molecule has 3 unspecified atom stereocenters. The molecule has 1 rings (SSSR count). The average molecular weight is 186 g/mol. The van der Waals surface area contributed by atoms with Crippen molar-refractivity contribution in [1.29, 1.82) is 0 Å². The highest BCUT2D eigenvalue weighted by Gasteiger charge is 2.34. The molecule has 0 aromatic rings. The number of hydrogen-bond acceptors (Lipinski definition) is 2. The molecule has 0 aromatic carbocycles. The molecule has 1 aliphatic carbocycles. The summed E-state index contributed by atoms with van der Waals surface area (Å²) in [6, 6.07) is 0. The second kappa shape index (κ2) is 4.09. The maximum atomic E-state index is 10.7. The Bertz CT molecular complexity index is 187. The van der Waals surface area contributed by atoms with Gasteiger partial charge in [-0.3, -0.25) is 4.79 Å². The summed E-state index contributed by atoms with van der Waals surface area (Å²) in [5.74, 6) is -1.05. The molecule has 1 aliphatic rings. The summed E-state index contributed by atoms with van der Waals surface area (Å²) in [6.07, 6.45) is 2.85. The van der Waals surface area contributed by atoms with E-state index in [-0.39, 0.29) is 5.92 Å². The highest BCUT2D eigenvalue weighted by atomic mass is 16.4. The van der Waals surface area contributed by atoms with Crippen LogP contribution < -0.4 is 0 Å². The van der Waals surface area contributed by atoms with E-state index in [0.29, 0.717) is 5.92 Å². The topological polar surface area (TPSA) is 57.5 Å². The van der Waals surface area contributed by atoms with Crippen LogP contribution >= 0.6 is 0 Å². The maximum Gasteiger partial charge on any atom is 0.306 e. The first-order valence-electron chi connectivity index (χ1n) is 4.95. The van der Waals surface area contributed by atoms with Crippen molar-refractivity contribution < 1.29 is 15.0 Å². The van der Waals surface area contributed by atoms with E-state index < -0.39 is 18.0 Å². The number of aliphatic hydroxyl groups excluding tert-OH is 1. The van der Waals surface area contributed by atoms with E-state index in [9.17, 15) is 9.90 Å². The number of carboxylic acids is 1. The maximum absolute atomic E-state index is 10.7. The molecule has 2 N–H and O–H groups in total. The molecule has 0 saturated heterocycles. The van der Waals surface area contributed by atoms with Crippen LogP contribution in [-0.4, -0.2) is 22.3 Å². The Morgan fingerprint density at radius 2 is 1.92 bits per heavy atom. The summed E-state index contributed by atoms with van der Waals surface area (Å²) < 4.78 is 0. The van der Waals surface area contributed by atoms with Gasteiger partial charge in [0.15, 0.2) is 0 Å². The van der Waals surface area contributed by atoms with Crippen molar-refractivity contribution in [1.82, 2.24) is 0 Å². The van der Waals surface area contributed by atoms with E-state index in [4.69, 9.17) is 5.11 Å². The first kappa shape index (κ1) is 10.5. The summed E-state index contributed by atoms with van der Waals surface area (Å²) in [5, 5.41) is 18.6. The number of carbonyl (C=O) groups is 1. The lowest BCUT2D eigenvalue weighted by molar-refractivity contribution is -0.145. The third-order valence-electron chi connectivity index (χ3n) is 3.35. The standard InChI is InChI=1S/C10H18O3/c1-6(7(2)10(12)13)9(11)8-4-3-5-8/h6-9,11H,3-5H2,1-2H3,(H,12,13). The largest absolute Gasteiger partial charge is 0.481 e. The van der Waals surface area contributed by atoms with Crippen LogP contribution in [0, 0.1) is 17.8 Å². The Labute approximate surface area is 78.8 Å². The molecular formula is C10H18O3. The van der Waals surface area contributed by atoms with Crippen molar-refractivity contribution in [3.8, 4) is 0 Å². The van der Waals surface area contributed by atoms with E-state index in [1.165, 1.54) is 6.42 Å². The monoisotopic (exact) mass is 186 g/mol. The Hall–Kier alpha value is -0.570. The van der Waals surface area contributed by atoms with Crippen LogP contribution in [0.5, 0.6) is 0 Å². The molecular weight excluding hydrogens is 168 g/mol. The number of hydrogen-bond donors (Lipinski definition) is 2. The van der Waals surface area contributed by atoms with Gasteiger partial charge in [0.05, 0.1) is 12.0 Å². The van der Waals surface area contributed by atoms with Crippen LogP contribution in [0.15, 0.2) is 0 Å². The Morgan fingerprint density at radius 3 is 2.23 bits per heavy atom. The minimum absolute atomic E-state index is 0.136. The van der Waals surface area contributed by atoms with Crippen LogP contribution in [0.2, 0.25) is 0 Å². The fourth-order valence-electron chi connectivity index (χ4n) is 1.73. The first-order chi connectivity index (χ1) is 6.04. The van der Waals surface area contributed by atoms with Gasteiger partial charge >= 0.3 is 5.97 Å². The van der Waals surface area contributed by atoms with Gasteiger partial charge in [0, 0.05) is 0 Å². The number of carboxylic acid groups (broad SMARTS) is 1. The lowest BCUT2D eigenvalue weighted by atomic mass is 9.74. The third kappa shape index (κ3) is 2.21. The quantitative estimate of drug-likeness (QED) is 0.699. The van der Waals surface area contributed by atoms with Crippen LogP contribution in [-0.2, 0) is 4.79 Å². The minimum Gasteiger partial charge on any atom is -0.481 e. The molecule has 76 valence electrons. The summed E-state index contributed by atoms with van der Waals surface area (Å²) >= 11 is 0. The van der Waals surface area contributed by atoms with Gasteiger partial charge in [0.1, 0.15) is 0 Å². The van der Waals surface area contributed by atoms with Gasteiger partial charge in [0.25, 0.3) is 0 Å². The predicted octanol–water partition coefficient (Wildman–Crippen LogP) is 1.50. The van der Waals surface area contributed by atoms with Gasteiger partial charge in [-0.15, -0.1) is 0 Å². The normalized spacial score (nSPS) is 24.5. The van der Waals surface area contributed by atoms with Crippen molar-refractivity contribution in [2.24, 2.45) is 17.8 Å². The van der Waals surface area contributed by atoms with Gasteiger partial charge in [-0.1, -0.05) is 20.3 Å². The predicted molar refractivity (Wildman–Crippen MR) is 49.3 cm³/mol. The zero-order valence-corrected chi connectivity index (χ0v) is 8.23. The van der Waals surface area contributed by atoms with E-state index in [0.717, 1.165) is 12.8 Å². The van der Waals surface area contributed by atoms with Gasteiger partial charge in [-0.05, 0) is 24.7 Å². The zero-order valence-electron chi connectivity index (χ0n) is 8.23. The zero-order chi connectivity index (χ0) is 10.0. The summed E-state index contributed by atoms with van der Waals surface area (Å²) in [4.78, 5) is 10.7. The van der Waals surface area contributed by atoms with Crippen molar-refractivity contribution >= 4 is 5.97 Å². The van der Waals surface area contributed by atoms with Crippen LogP contribution in [0.4, 0.5) is 0 Å². The van der Waals surface area contributed by atoms with Crippen molar-refractivity contribution in [2.45, 2.75) is 39.2 Å². The van der Waals surface area contributed by atoms with Crippen LogP contribution in [0.3, 0.4) is 0 Å². The minimum atomic E-state index is -0.814. The van der Waals surface area contributed by atoms with Gasteiger partial charge in [-0.25, -0.2) is 0 Å². The highest BCUT2D eigenvalue weighted by molar-refractivity contribution is 5.69. The summed E-state index contributed by atoms with van der Waals surface area (Å²) in [7, 11) is 0. The summed E-state index contributed by atoms with van der Waals surface area (Å²) in [6.45, 7) is 3.48. The van der Waals surface area contributed by atoms with E-state index in [1.807, 2.05) is 6.92 Å². The van der Waals surface area contributed by atoms with E-state index in [2.05, 4.69) is 0 Å². The van der Waals surface area contributed by atoms with Crippen molar-refractivity contribution in [2.75, 3.05) is 0 Å². The molecule has 0 aliphatic heterocycles. The SMILES string of the molecule is CC(C(=O)O)C(C)C(O)C1CCC1. The lowest BCUT2D eigenvalue weighted by Gasteiger charge is -2.35. The molecule has 0 radical (unpaired) electrons. The Morgan fingerprint density at radius 1 is 1.38 bits per heavy atom. The molecule has 0 bridgehead atoms. The molecule has 0 spiro atoms. The molecule has 3 nitrogen and oxygen atoms in total. The molecule has 0 heterocycles. The number of aliphatic carboxylic acids is 1. The fourth-order valence-corrected chi connectivity index (χ4v) is 1.73. The van der Waals surface area contributed by atoms with Gasteiger partial charge < -0.3 is 10.2 Å². The fraction of sp³-hybridized carbons (Fsp3) is 0.900. The molecule has 1 fully saturated rings. The molecule has 1 saturated carbocycles. The first-order valence-corrected chi connectivity index (χ1v) is 4.95. The number of aliphatic hydroxyl groups is 1. The summed E-state index contributed by atoms with van der Waals surface area (Å²) in [5.41, 5.74) is 0. The average Bonchev–Trinajstić information content (AvgIpc) is 1.98. The van der Waals surface area contributed by atoms with Gasteiger partial charge in [-0.2, -0.15) is 0 Å². The lowest BCUT2D eigenvalue weighted by Crippen LogP contribution is -2.37. The molecule has 0 aromatic heterocycles. The van der Waals surface area contributed by atoms with Crippen LogP contribution in [0.25, 0.3) is 0 Å². The van der Waals surface area contributed by atoms with Crippen LogP contribution in [0.1, 0.15) is 33.1 Å². The third-order valence-corrected chi connectivity index (χ3v) is 3.35. The van der Waals surface area contributed by atoms with E-state index >= 15 is 0 Å². The smallest absolute Gasteiger partial charge is 0.306 e. The Balaban J connectivity index is 2.44. The Kier molecular flexibility index (Phi) is 3.31. The molecule has 3 heteroatoms. The van der Waals surface area contributed by atoms with Gasteiger partial charge in [0.2, 0.25) is 0 Å². The highest BCUT2D eigenvalue weighted by Crippen LogP contribution is 2.34. The van der Waals surface area contributed by atoms with E-state index in [1.54, 1.807) is 6.92 Å². The molecule has 0 amide bonds. The second-order valence-corrected chi connectivity index (χ2v) is 4.17. The van der Waals surface area contributed by atoms with Crippen molar-refractivity contribution in [3.63, 3.8) is 0 Å².